The molecule has 1 saturated heterocycles. The highest BCUT2D eigenvalue weighted by molar-refractivity contribution is 6.31. The number of carbonyl (C=O) groups excluding carboxylic acids is 2. The zero-order chi connectivity index (χ0) is 23.3. The van der Waals surface area contributed by atoms with Crippen molar-refractivity contribution in [3.63, 3.8) is 0 Å². The van der Waals surface area contributed by atoms with Crippen molar-refractivity contribution in [3.8, 4) is 0 Å². The summed E-state index contributed by atoms with van der Waals surface area (Å²) < 4.78 is 14.5. The van der Waals surface area contributed by atoms with Gasteiger partial charge in [0.05, 0.1) is 5.41 Å². The highest BCUT2D eigenvalue weighted by Gasteiger charge is 2.59. The van der Waals surface area contributed by atoms with E-state index in [1.54, 1.807) is 24.3 Å². The van der Waals surface area contributed by atoms with Crippen LogP contribution in [0.15, 0.2) is 60.7 Å². The summed E-state index contributed by atoms with van der Waals surface area (Å²) in [6.07, 6.45) is 0.0385. The molecule has 3 aromatic rings. The number of amides is 2. The fourth-order valence-corrected chi connectivity index (χ4v) is 5.88. The molecule has 5 rings (SSSR count). The number of nitrogens with one attached hydrogen (secondary N) is 2. The summed E-state index contributed by atoms with van der Waals surface area (Å²) in [6.45, 7) is 2.11. The molecule has 2 heterocycles. The Kier molecular flexibility index (Phi) is 5.42. The Labute approximate surface area is 201 Å². The Hall–Kier alpha value is -2.89. The van der Waals surface area contributed by atoms with Crippen LogP contribution in [0.2, 0.25) is 10.0 Å². The third-order valence-electron chi connectivity index (χ3n) is 6.91. The molecule has 2 aliphatic heterocycles. The number of rotatable bonds is 2. The molecule has 0 aliphatic carbocycles. The minimum absolute atomic E-state index is 0.0385. The Morgan fingerprint density at radius 3 is 2.55 bits per heavy atom. The first-order valence-electron chi connectivity index (χ1n) is 10.7. The van der Waals surface area contributed by atoms with Gasteiger partial charge in [0.25, 0.3) is 0 Å². The van der Waals surface area contributed by atoms with Gasteiger partial charge in [0, 0.05) is 40.5 Å². The number of halogens is 3. The van der Waals surface area contributed by atoms with E-state index in [0.29, 0.717) is 21.3 Å². The average Bonchev–Trinajstić information content (AvgIpc) is 2.95. The maximum Gasteiger partial charge on any atom is 0.236 e. The largest absolute Gasteiger partial charge is 0.355 e. The van der Waals surface area contributed by atoms with E-state index in [2.05, 4.69) is 10.6 Å². The molecule has 4 nitrogen and oxygen atoms in total. The molecule has 0 bridgehead atoms. The van der Waals surface area contributed by atoms with Crippen molar-refractivity contribution in [3.05, 3.63) is 98.8 Å². The van der Waals surface area contributed by atoms with Crippen LogP contribution in [0.3, 0.4) is 0 Å². The molecule has 0 radical (unpaired) electrons. The number of aryl methyl sites for hydroxylation is 1. The van der Waals surface area contributed by atoms with Crippen LogP contribution in [0.4, 0.5) is 10.1 Å². The normalized spacial score (nSPS) is 24.2. The van der Waals surface area contributed by atoms with Crippen LogP contribution >= 0.6 is 23.2 Å². The molecule has 2 amide bonds. The average molecular weight is 483 g/mol. The van der Waals surface area contributed by atoms with Crippen LogP contribution in [0.1, 0.15) is 40.5 Å². The molecule has 2 aliphatic rings. The maximum absolute atomic E-state index is 14.5. The number of anilines is 1. The summed E-state index contributed by atoms with van der Waals surface area (Å²) >= 11 is 12.6. The van der Waals surface area contributed by atoms with Gasteiger partial charge < -0.3 is 10.6 Å². The smallest absolute Gasteiger partial charge is 0.236 e. The van der Waals surface area contributed by atoms with Crippen molar-refractivity contribution in [2.45, 2.75) is 30.6 Å². The van der Waals surface area contributed by atoms with Gasteiger partial charge in [-0.2, -0.15) is 0 Å². The lowest BCUT2D eigenvalue weighted by molar-refractivity contribution is -0.123. The molecule has 1 fully saturated rings. The minimum Gasteiger partial charge on any atom is -0.355 e. The molecular weight excluding hydrogens is 462 g/mol. The van der Waals surface area contributed by atoms with E-state index in [4.69, 9.17) is 23.2 Å². The van der Waals surface area contributed by atoms with Gasteiger partial charge in [0.1, 0.15) is 5.82 Å². The van der Waals surface area contributed by atoms with Gasteiger partial charge in [-0.15, -0.1) is 0 Å². The molecule has 2 N–H and O–H groups in total. The van der Waals surface area contributed by atoms with Crippen LogP contribution < -0.4 is 10.6 Å². The first-order valence-corrected chi connectivity index (χ1v) is 11.5. The third kappa shape index (κ3) is 3.51. The molecule has 3 aromatic carbocycles. The maximum atomic E-state index is 14.5. The predicted octanol–water partition coefficient (Wildman–Crippen LogP) is 5.72. The van der Waals surface area contributed by atoms with Gasteiger partial charge in [-0.3, -0.25) is 9.59 Å². The van der Waals surface area contributed by atoms with Crippen LogP contribution in [0.5, 0.6) is 0 Å². The fourth-order valence-electron chi connectivity index (χ4n) is 5.50. The summed E-state index contributed by atoms with van der Waals surface area (Å²) in [5, 5.41) is 7.00. The second-order valence-electron chi connectivity index (χ2n) is 8.68. The predicted molar refractivity (Wildman–Crippen MR) is 127 cm³/mol. The van der Waals surface area contributed by atoms with Crippen LogP contribution in [-0.2, 0) is 15.0 Å². The summed E-state index contributed by atoms with van der Waals surface area (Å²) in [7, 11) is 0. The minimum atomic E-state index is -1.18. The van der Waals surface area contributed by atoms with E-state index in [0.717, 1.165) is 16.7 Å². The second-order valence-corrected chi connectivity index (χ2v) is 9.56. The van der Waals surface area contributed by atoms with E-state index in [1.165, 1.54) is 12.1 Å². The van der Waals surface area contributed by atoms with Crippen molar-refractivity contribution in [1.82, 2.24) is 5.32 Å². The zero-order valence-corrected chi connectivity index (χ0v) is 19.3. The molecule has 7 heteroatoms. The quantitative estimate of drug-likeness (QED) is 0.490. The summed E-state index contributed by atoms with van der Waals surface area (Å²) in [5.74, 6) is -1.90. The summed E-state index contributed by atoms with van der Waals surface area (Å²) in [6, 6.07) is 17.1. The number of hydrogen-bond acceptors (Lipinski definition) is 2. The van der Waals surface area contributed by atoms with Gasteiger partial charge in [-0.25, -0.2) is 4.39 Å². The van der Waals surface area contributed by atoms with E-state index < -0.39 is 23.1 Å². The Morgan fingerprint density at radius 2 is 1.76 bits per heavy atom. The molecule has 0 unspecified atom stereocenters. The highest BCUT2D eigenvalue weighted by atomic mass is 35.5. The van der Waals surface area contributed by atoms with E-state index in [1.807, 2.05) is 31.2 Å². The number of carbonyl (C=O) groups is 2. The van der Waals surface area contributed by atoms with Gasteiger partial charge in [0.2, 0.25) is 11.8 Å². The van der Waals surface area contributed by atoms with Crippen molar-refractivity contribution in [2.24, 2.45) is 0 Å². The molecule has 33 heavy (non-hydrogen) atoms. The summed E-state index contributed by atoms with van der Waals surface area (Å²) in [5.41, 5.74) is 2.44. The number of fused-ring (bicyclic) bond motifs is 2. The van der Waals surface area contributed by atoms with Crippen LogP contribution in [0, 0.1) is 12.7 Å². The van der Waals surface area contributed by atoms with Crippen molar-refractivity contribution in [1.29, 1.82) is 0 Å². The first kappa shape index (κ1) is 21.9. The lowest BCUT2D eigenvalue weighted by atomic mass is 9.58. The Balaban J connectivity index is 1.85. The lowest BCUT2D eigenvalue weighted by Gasteiger charge is -2.41. The lowest BCUT2D eigenvalue weighted by Crippen LogP contribution is -2.47. The first-order chi connectivity index (χ1) is 15.8. The van der Waals surface area contributed by atoms with E-state index >= 15 is 0 Å². The zero-order valence-electron chi connectivity index (χ0n) is 17.8. The fraction of sp³-hybridized carbons (Fsp3) is 0.231. The number of hydrogen-bond donors (Lipinski definition) is 2. The molecule has 168 valence electrons. The Bertz CT molecular complexity index is 1300. The van der Waals surface area contributed by atoms with E-state index in [-0.39, 0.29) is 24.8 Å². The van der Waals surface area contributed by atoms with Crippen LogP contribution in [-0.4, -0.2) is 18.4 Å². The molecule has 3 atom stereocenters. The number of benzene rings is 3. The van der Waals surface area contributed by atoms with Crippen LogP contribution in [0.25, 0.3) is 0 Å². The van der Waals surface area contributed by atoms with Crippen molar-refractivity contribution < 1.29 is 14.0 Å². The summed E-state index contributed by atoms with van der Waals surface area (Å²) in [4.78, 5) is 26.9. The molecule has 0 aromatic heterocycles. The van der Waals surface area contributed by atoms with Crippen molar-refractivity contribution in [2.75, 3.05) is 11.9 Å². The van der Waals surface area contributed by atoms with Gasteiger partial charge in [-0.05, 0) is 65.6 Å². The third-order valence-corrected chi connectivity index (χ3v) is 7.38. The van der Waals surface area contributed by atoms with Gasteiger partial charge >= 0.3 is 0 Å². The highest BCUT2D eigenvalue weighted by Crippen LogP contribution is 2.57. The standard InChI is InChI=1S/C26H21Cl2FN2O2/c1-14-5-7-18(29)11-19(14)21-12-24(32)30-13-22(15-3-2-4-16(27)9-15)26(21)20-8-6-17(28)10-23(20)31-25(26)33/h2-11,21-22H,12-13H2,1H3,(H,30,32)(H,31,33)/t21-,22+,26-/m0/s1. The molecular formula is C26H21Cl2FN2O2. The van der Waals surface area contributed by atoms with Gasteiger partial charge in [-0.1, -0.05) is 47.5 Å². The second kappa shape index (κ2) is 8.15. The molecule has 1 spiro atoms. The molecule has 0 saturated carbocycles. The van der Waals surface area contributed by atoms with Crippen molar-refractivity contribution >= 4 is 40.7 Å². The van der Waals surface area contributed by atoms with E-state index in [9.17, 15) is 14.0 Å². The van der Waals surface area contributed by atoms with Gasteiger partial charge in [0.15, 0.2) is 0 Å². The monoisotopic (exact) mass is 482 g/mol. The topological polar surface area (TPSA) is 58.2 Å². The Morgan fingerprint density at radius 1 is 0.970 bits per heavy atom. The SMILES string of the molecule is Cc1ccc(F)cc1[C@@H]1CC(=O)NC[C@H](c2cccc(Cl)c2)[C@@]12C(=O)Nc1cc(Cl)ccc12.